The second-order valence-corrected chi connectivity index (χ2v) is 7.92. The number of esters is 1. The summed E-state index contributed by atoms with van der Waals surface area (Å²) in [5, 5.41) is 8.95. The molecule has 2 aromatic rings. The van der Waals surface area contributed by atoms with E-state index in [0.29, 0.717) is 5.56 Å². The Bertz CT molecular complexity index is 1030. The molecule has 0 amide bonds. The minimum atomic E-state index is -3.85. The van der Waals surface area contributed by atoms with Crippen molar-refractivity contribution < 1.29 is 22.7 Å². The van der Waals surface area contributed by atoms with E-state index in [9.17, 15) is 13.2 Å². The molecule has 0 heterocycles. The lowest BCUT2D eigenvalue weighted by Crippen LogP contribution is -2.31. The first kappa shape index (κ1) is 21.7. The maximum atomic E-state index is 12.8. The SMILES string of the molecule is CCN(CC)S(=O)(=O)c1cc(C(=O)Oc2ccc(C#N)cc2OC)ccc1Cl. The first-order valence-corrected chi connectivity index (χ1v) is 10.2. The fourth-order valence-corrected chi connectivity index (χ4v) is 4.47. The minimum absolute atomic E-state index is 0.0133. The van der Waals surface area contributed by atoms with E-state index in [-0.39, 0.29) is 40.1 Å². The van der Waals surface area contributed by atoms with Crippen LogP contribution in [0.2, 0.25) is 5.02 Å². The van der Waals surface area contributed by atoms with Crippen molar-refractivity contribution >= 4 is 27.6 Å². The maximum absolute atomic E-state index is 12.8. The molecule has 0 spiro atoms. The Hall–Kier alpha value is -2.60. The fourth-order valence-electron chi connectivity index (χ4n) is 2.51. The van der Waals surface area contributed by atoms with E-state index in [4.69, 9.17) is 26.3 Å². The van der Waals surface area contributed by atoms with Gasteiger partial charge in [-0.25, -0.2) is 13.2 Å². The van der Waals surface area contributed by atoms with Crippen LogP contribution in [0.15, 0.2) is 41.3 Å². The quantitative estimate of drug-likeness (QED) is 0.500. The third-order valence-electron chi connectivity index (χ3n) is 3.99. The zero-order valence-electron chi connectivity index (χ0n) is 15.6. The Labute approximate surface area is 169 Å². The topological polar surface area (TPSA) is 96.7 Å². The van der Waals surface area contributed by atoms with Crippen molar-refractivity contribution in [3.05, 3.63) is 52.5 Å². The largest absolute Gasteiger partial charge is 0.493 e. The smallest absolute Gasteiger partial charge is 0.343 e. The summed E-state index contributed by atoms with van der Waals surface area (Å²) in [5.41, 5.74) is 0.359. The number of nitriles is 1. The van der Waals surface area contributed by atoms with Crippen LogP contribution in [0, 0.1) is 11.3 Å². The Balaban J connectivity index is 2.40. The van der Waals surface area contributed by atoms with E-state index in [1.165, 1.54) is 47.8 Å². The van der Waals surface area contributed by atoms with Crippen molar-refractivity contribution in [1.29, 1.82) is 5.26 Å². The van der Waals surface area contributed by atoms with Crippen LogP contribution >= 0.6 is 11.6 Å². The number of nitrogens with zero attached hydrogens (tertiary/aromatic N) is 2. The van der Waals surface area contributed by atoms with Gasteiger partial charge in [0, 0.05) is 19.2 Å². The van der Waals surface area contributed by atoms with Crippen LogP contribution < -0.4 is 9.47 Å². The van der Waals surface area contributed by atoms with Crippen molar-refractivity contribution in [2.75, 3.05) is 20.2 Å². The zero-order chi connectivity index (χ0) is 20.9. The molecule has 0 aromatic heterocycles. The molecule has 0 saturated carbocycles. The number of benzene rings is 2. The number of sulfonamides is 1. The summed E-state index contributed by atoms with van der Waals surface area (Å²) in [6, 6.07) is 10.2. The van der Waals surface area contributed by atoms with E-state index in [1.807, 2.05) is 6.07 Å². The minimum Gasteiger partial charge on any atom is -0.493 e. The van der Waals surface area contributed by atoms with Crippen molar-refractivity contribution in [3.63, 3.8) is 0 Å². The average Bonchev–Trinajstić information content (AvgIpc) is 2.69. The molecule has 0 aliphatic carbocycles. The van der Waals surface area contributed by atoms with Crippen molar-refractivity contribution in [2.45, 2.75) is 18.7 Å². The second kappa shape index (κ2) is 9.06. The van der Waals surface area contributed by atoms with Crippen LogP contribution in [0.4, 0.5) is 0 Å². The maximum Gasteiger partial charge on any atom is 0.343 e. The molecule has 0 saturated heterocycles. The Morgan fingerprint density at radius 1 is 1.14 bits per heavy atom. The lowest BCUT2D eigenvalue weighted by atomic mass is 10.2. The van der Waals surface area contributed by atoms with Crippen LogP contribution in [-0.4, -0.2) is 38.9 Å². The third-order valence-corrected chi connectivity index (χ3v) is 6.52. The summed E-state index contributed by atoms with van der Waals surface area (Å²) < 4.78 is 37.2. The highest BCUT2D eigenvalue weighted by molar-refractivity contribution is 7.89. The average molecular weight is 423 g/mol. The van der Waals surface area contributed by atoms with Gasteiger partial charge in [0.05, 0.1) is 29.3 Å². The van der Waals surface area contributed by atoms with Gasteiger partial charge in [-0.15, -0.1) is 0 Å². The summed E-state index contributed by atoms with van der Waals surface area (Å²) in [6.07, 6.45) is 0. The molecule has 0 atom stereocenters. The molecule has 0 aliphatic heterocycles. The van der Waals surface area contributed by atoms with Crippen molar-refractivity contribution in [3.8, 4) is 17.6 Å². The zero-order valence-corrected chi connectivity index (χ0v) is 17.2. The van der Waals surface area contributed by atoms with E-state index < -0.39 is 16.0 Å². The highest BCUT2D eigenvalue weighted by Crippen LogP contribution is 2.30. The highest BCUT2D eigenvalue weighted by atomic mass is 35.5. The molecular formula is C19H19ClN2O5S. The number of halogens is 1. The molecule has 0 unspecified atom stereocenters. The van der Waals surface area contributed by atoms with Gasteiger partial charge in [-0.1, -0.05) is 25.4 Å². The fraction of sp³-hybridized carbons (Fsp3) is 0.263. The molecule has 0 fully saturated rings. The van der Waals surface area contributed by atoms with Gasteiger partial charge in [0.1, 0.15) is 4.90 Å². The Kier molecular flexibility index (Phi) is 7.02. The number of methoxy groups -OCH3 is 1. The van der Waals surface area contributed by atoms with Crippen LogP contribution in [0.3, 0.4) is 0 Å². The van der Waals surface area contributed by atoms with E-state index in [2.05, 4.69) is 0 Å². The molecule has 0 N–H and O–H groups in total. The highest BCUT2D eigenvalue weighted by Gasteiger charge is 2.26. The normalized spacial score (nSPS) is 11.1. The van der Waals surface area contributed by atoms with Gasteiger partial charge in [-0.3, -0.25) is 0 Å². The van der Waals surface area contributed by atoms with Crippen LogP contribution in [0.25, 0.3) is 0 Å². The summed E-state index contributed by atoms with van der Waals surface area (Å²) in [6.45, 7) is 3.97. The van der Waals surface area contributed by atoms with Gasteiger partial charge < -0.3 is 9.47 Å². The van der Waals surface area contributed by atoms with E-state index in [0.717, 1.165) is 0 Å². The van der Waals surface area contributed by atoms with Gasteiger partial charge in [0.15, 0.2) is 11.5 Å². The number of carbonyl (C=O) groups is 1. The summed E-state index contributed by atoms with van der Waals surface area (Å²) >= 11 is 6.08. The molecule has 9 heteroatoms. The second-order valence-electron chi connectivity index (χ2n) is 5.60. The first-order chi connectivity index (χ1) is 13.3. The monoisotopic (exact) mass is 422 g/mol. The molecule has 2 aromatic carbocycles. The lowest BCUT2D eigenvalue weighted by Gasteiger charge is -2.19. The molecule has 0 radical (unpaired) electrons. The van der Waals surface area contributed by atoms with Gasteiger partial charge in [0.25, 0.3) is 0 Å². The predicted molar refractivity (Wildman–Crippen MR) is 104 cm³/mol. The van der Waals surface area contributed by atoms with Crippen LogP contribution in [0.5, 0.6) is 11.5 Å². The summed E-state index contributed by atoms with van der Waals surface area (Å²) in [7, 11) is -2.47. The number of carbonyl (C=O) groups excluding carboxylic acids is 1. The lowest BCUT2D eigenvalue weighted by molar-refractivity contribution is 0.0729. The molecule has 2 rings (SSSR count). The van der Waals surface area contributed by atoms with Crippen molar-refractivity contribution in [2.24, 2.45) is 0 Å². The van der Waals surface area contributed by atoms with Gasteiger partial charge in [-0.05, 0) is 30.3 Å². The standard InChI is InChI=1S/C19H19ClN2O5S/c1-4-22(5-2)28(24,25)18-11-14(7-8-15(18)20)19(23)27-16-9-6-13(12-21)10-17(16)26-3/h6-11H,4-5H2,1-3H3. The molecule has 28 heavy (non-hydrogen) atoms. The van der Waals surface area contributed by atoms with Gasteiger partial charge >= 0.3 is 5.97 Å². The van der Waals surface area contributed by atoms with Crippen LogP contribution in [-0.2, 0) is 10.0 Å². The number of rotatable bonds is 7. The number of hydrogen-bond donors (Lipinski definition) is 0. The van der Waals surface area contributed by atoms with Gasteiger partial charge in [-0.2, -0.15) is 9.57 Å². The first-order valence-electron chi connectivity index (χ1n) is 8.38. The Morgan fingerprint density at radius 3 is 2.39 bits per heavy atom. The predicted octanol–water partition coefficient (Wildman–Crippen LogP) is 3.47. The van der Waals surface area contributed by atoms with Gasteiger partial charge in [0.2, 0.25) is 10.0 Å². The molecule has 0 aliphatic rings. The van der Waals surface area contributed by atoms with Crippen LogP contribution in [0.1, 0.15) is 29.8 Å². The number of ether oxygens (including phenoxy) is 2. The summed E-state index contributed by atoms with van der Waals surface area (Å²) in [5.74, 6) is -0.470. The number of hydrogen-bond acceptors (Lipinski definition) is 6. The van der Waals surface area contributed by atoms with E-state index >= 15 is 0 Å². The molecular weight excluding hydrogens is 404 g/mol. The molecule has 148 valence electrons. The van der Waals surface area contributed by atoms with Crippen molar-refractivity contribution in [1.82, 2.24) is 4.31 Å². The van der Waals surface area contributed by atoms with E-state index in [1.54, 1.807) is 13.8 Å². The molecule has 7 nitrogen and oxygen atoms in total. The third kappa shape index (κ3) is 4.44. The summed E-state index contributed by atoms with van der Waals surface area (Å²) in [4.78, 5) is 12.4. The Morgan fingerprint density at radius 2 is 1.82 bits per heavy atom. The molecule has 0 bridgehead atoms.